The minimum absolute atomic E-state index is 0.158. The average molecular weight is 258 g/mol. The molecule has 0 bridgehead atoms. The molecule has 0 atom stereocenters. The SMILES string of the molecule is CNc1ncc(-c2c(C)cc(C(C)(C)C)cc2C)o1. The molecule has 0 unspecified atom stereocenters. The van der Waals surface area contributed by atoms with Crippen LogP contribution in [0.2, 0.25) is 0 Å². The summed E-state index contributed by atoms with van der Waals surface area (Å²) in [5.74, 6) is 0.819. The summed E-state index contributed by atoms with van der Waals surface area (Å²) in [6.07, 6.45) is 1.78. The van der Waals surface area contributed by atoms with Crippen LogP contribution in [-0.4, -0.2) is 12.0 Å². The molecule has 0 fully saturated rings. The summed E-state index contributed by atoms with van der Waals surface area (Å²) in [4.78, 5) is 4.19. The van der Waals surface area contributed by atoms with Gasteiger partial charge in [0.25, 0.3) is 6.01 Å². The average Bonchev–Trinajstić information content (AvgIpc) is 2.75. The Bertz CT molecular complexity index is 568. The minimum atomic E-state index is 0.158. The van der Waals surface area contributed by atoms with Crippen LogP contribution in [0.5, 0.6) is 0 Å². The molecule has 1 N–H and O–H groups in total. The lowest BCUT2D eigenvalue weighted by molar-refractivity contribution is 0.583. The first-order chi connectivity index (χ1) is 8.82. The number of rotatable bonds is 2. The second kappa shape index (κ2) is 4.72. The number of aryl methyl sites for hydroxylation is 2. The van der Waals surface area contributed by atoms with E-state index in [1.54, 1.807) is 13.2 Å². The van der Waals surface area contributed by atoms with E-state index in [1.165, 1.54) is 16.7 Å². The van der Waals surface area contributed by atoms with E-state index >= 15 is 0 Å². The molecule has 1 aromatic carbocycles. The molecule has 0 spiro atoms. The predicted molar refractivity (Wildman–Crippen MR) is 79.7 cm³/mol. The number of anilines is 1. The first kappa shape index (κ1) is 13.7. The molecular weight excluding hydrogens is 236 g/mol. The molecular formula is C16H22N2O. The Morgan fingerprint density at radius 3 is 2.11 bits per heavy atom. The quantitative estimate of drug-likeness (QED) is 0.872. The Morgan fingerprint density at radius 2 is 1.68 bits per heavy atom. The van der Waals surface area contributed by atoms with E-state index in [0.717, 1.165) is 11.3 Å². The summed E-state index contributed by atoms with van der Waals surface area (Å²) in [7, 11) is 1.80. The van der Waals surface area contributed by atoms with Crippen LogP contribution in [-0.2, 0) is 5.41 Å². The molecule has 0 aliphatic rings. The van der Waals surface area contributed by atoms with Crippen molar-refractivity contribution in [1.29, 1.82) is 0 Å². The van der Waals surface area contributed by atoms with Crippen molar-refractivity contribution in [2.75, 3.05) is 12.4 Å². The minimum Gasteiger partial charge on any atom is -0.424 e. The molecule has 0 amide bonds. The molecule has 0 saturated carbocycles. The molecule has 19 heavy (non-hydrogen) atoms. The van der Waals surface area contributed by atoms with Crippen molar-refractivity contribution in [1.82, 2.24) is 4.98 Å². The maximum Gasteiger partial charge on any atom is 0.294 e. The lowest BCUT2D eigenvalue weighted by Gasteiger charge is -2.21. The Balaban J connectivity index is 2.53. The van der Waals surface area contributed by atoms with Crippen LogP contribution in [0.4, 0.5) is 6.01 Å². The number of aromatic nitrogens is 1. The van der Waals surface area contributed by atoms with Gasteiger partial charge in [-0.15, -0.1) is 0 Å². The van der Waals surface area contributed by atoms with Crippen LogP contribution in [0, 0.1) is 13.8 Å². The van der Waals surface area contributed by atoms with Crippen molar-refractivity contribution in [3.05, 3.63) is 35.0 Å². The van der Waals surface area contributed by atoms with Gasteiger partial charge < -0.3 is 9.73 Å². The normalized spacial score (nSPS) is 11.7. The highest BCUT2D eigenvalue weighted by molar-refractivity contribution is 5.67. The van der Waals surface area contributed by atoms with E-state index < -0.39 is 0 Å². The molecule has 0 aliphatic carbocycles. The second-order valence-corrected chi connectivity index (χ2v) is 6.01. The third-order valence-electron chi connectivity index (χ3n) is 3.36. The maximum absolute atomic E-state index is 5.68. The van der Waals surface area contributed by atoms with Gasteiger partial charge in [0, 0.05) is 12.6 Å². The van der Waals surface area contributed by atoms with Crippen LogP contribution in [0.15, 0.2) is 22.7 Å². The molecule has 3 nitrogen and oxygen atoms in total. The molecule has 0 aliphatic heterocycles. The molecule has 0 saturated heterocycles. The Labute approximate surface area is 115 Å². The van der Waals surface area contributed by atoms with Crippen molar-refractivity contribution >= 4 is 6.01 Å². The number of benzene rings is 1. The Morgan fingerprint density at radius 1 is 1.11 bits per heavy atom. The third kappa shape index (κ3) is 2.65. The number of hydrogen-bond donors (Lipinski definition) is 1. The van der Waals surface area contributed by atoms with E-state index in [1.807, 2.05) is 0 Å². The van der Waals surface area contributed by atoms with Crippen LogP contribution in [0.1, 0.15) is 37.5 Å². The van der Waals surface area contributed by atoms with E-state index in [4.69, 9.17) is 4.42 Å². The van der Waals surface area contributed by atoms with Gasteiger partial charge in [-0.3, -0.25) is 0 Å². The highest BCUT2D eigenvalue weighted by Gasteiger charge is 2.18. The van der Waals surface area contributed by atoms with Gasteiger partial charge in [-0.2, -0.15) is 0 Å². The Kier molecular flexibility index (Phi) is 3.40. The lowest BCUT2D eigenvalue weighted by Crippen LogP contribution is -2.12. The topological polar surface area (TPSA) is 38.1 Å². The zero-order valence-electron chi connectivity index (χ0n) is 12.6. The fourth-order valence-corrected chi connectivity index (χ4v) is 2.29. The van der Waals surface area contributed by atoms with Gasteiger partial charge in [0.1, 0.15) is 0 Å². The predicted octanol–water partition coefficient (Wildman–Crippen LogP) is 4.30. The number of oxazole rings is 1. The molecule has 2 aromatic rings. The zero-order chi connectivity index (χ0) is 14.2. The van der Waals surface area contributed by atoms with Gasteiger partial charge in [0.05, 0.1) is 6.20 Å². The van der Waals surface area contributed by atoms with Crippen molar-refractivity contribution in [2.24, 2.45) is 0 Å². The molecule has 102 valence electrons. The van der Waals surface area contributed by atoms with Gasteiger partial charge in [-0.05, 0) is 36.0 Å². The highest BCUT2D eigenvalue weighted by atomic mass is 16.4. The maximum atomic E-state index is 5.68. The molecule has 1 aromatic heterocycles. The van der Waals surface area contributed by atoms with E-state index in [0.29, 0.717) is 6.01 Å². The van der Waals surface area contributed by atoms with E-state index in [2.05, 4.69) is 57.1 Å². The van der Waals surface area contributed by atoms with Crippen molar-refractivity contribution in [2.45, 2.75) is 40.0 Å². The summed E-state index contributed by atoms with van der Waals surface area (Å²) in [5.41, 5.74) is 5.10. The lowest BCUT2D eigenvalue weighted by atomic mass is 9.83. The van der Waals surface area contributed by atoms with Gasteiger partial charge in [-0.25, -0.2) is 4.98 Å². The molecule has 2 rings (SSSR count). The monoisotopic (exact) mass is 258 g/mol. The fourth-order valence-electron chi connectivity index (χ4n) is 2.29. The number of nitrogens with zero attached hydrogens (tertiary/aromatic N) is 1. The highest BCUT2D eigenvalue weighted by Crippen LogP contribution is 2.33. The largest absolute Gasteiger partial charge is 0.424 e. The van der Waals surface area contributed by atoms with Gasteiger partial charge in [-0.1, -0.05) is 32.9 Å². The first-order valence-electron chi connectivity index (χ1n) is 6.58. The summed E-state index contributed by atoms with van der Waals surface area (Å²) >= 11 is 0. The van der Waals surface area contributed by atoms with Crippen LogP contribution >= 0.6 is 0 Å². The van der Waals surface area contributed by atoms with Crippen LogP contribution in [0.3, 0.4) is 0 Å². The Hall–Kier alpha value is -1.77. The first-order valence-corrected chi connectivity index (χ1v) is 6.58. The number of hydrogen-bond acceptors (Lipinski definition) is 3. The summed E-state index contributed by atoms with van der Waals surface area (Å²) in [5, 5.41) is 2.91. The van der Waals surface area contributed by atoms with E-state index in [9.17, 15) is 0 Å². The molecule has 1 heterocycles. The van der Waals surface area contributed by atoms with Gasteiger partial charge in [0.15, 0.2) is 5.76 Å². The molecule has 3 heteroatoms. The third-order valence-corrected chi connectivity index (χ3v) is 3.36. The molecule has 0 radical (unpaired) electrons. The van der Waals surface area contributed by atoms with Gasteiger partial charge in [0.2, 0.25) is 0 Å². The van der Waals surface area contributed by atoms with Crippen molar-refractivity contribution in [3.63, 3.8) is 0 Å². The van der Waals surface area contributed by atoms with Crippen molar-refractivity contribution < 1.29 is 4.42 Å². The van der Waals surface area contributed by atoms with Crippen LogP contribution in [0.25, 0.3) is 11.3 Å². The zero-order valence-corrected chi connectivity index (χ0v) is 12.6. The summed E-state index contributed by atoms with van der Waals surface area (Å²) in [6.45, 7) is 10.9. The van der Waals surface area contributed by atoms with E-state index in [-0.39, 0.29) is 5.41 Å². The smallest absolute Gasteiger partial charge is 0.294 e. The van der Waals surface area contributed by atoms with Crippen LogP contribution < -0.4 is 5.32 Å². The summed E-state index contributed by atoms with van der Waals surface area (Å²) in [6, 6.07) is 5.03. The fraction of sp³-hybridized carbons (Fsp3) is 0.438. The standard InChI is InChI=1S/C16H22N2O/c1-10-7-12(16(3,4)5)8-11(2)14(10)13-9-18-15(17-6)19-13/h7-9H,1-6H3,(H,17,18). The van der Waals surface area contributed by atoms with Crippen molar-refractivity contribution in [3.8, 4) is 11.3 Å². The second-order valence-electron chi connectivity index (χ2n) is 6.01. The number of nitrogens with one attached hydrogen (secondary N) is 1. The van der Waals surface area contributed by atoms with Gasteiger partial charge >= 0.3 is 0 Å². The summed E-state index contributed by atoms with van der Waals surface area (Å²) < 4.78 is 5.68.